The van der Waals surface area contributed by atoms with Gasteiger partial charge in [-0.05, 0) is 24.3 Å². The highest BCUT2D eigenvalue weighted by molar-refractivity contribution is 5.77. The first-order chi connectivity index (χ1) is 12.3. The van der Waals surface area contributed by atoms with E-state index < -0.39 is 0 Å². The summed E-state index contributed by atoms with van der Waals surface area (Å²) in [4.78, 5) is 22.4. The Morgan fingerprint density at radius 2 is 2.00 bits per heavy atom. The number of urea groups is 1. The SMILES string of the molecule is O=C1NCCN1CCOc1cccc(-c2cnc3ccccc3n2)c1. The Morgan fingerprint density at radius 3 is 2.84 bits per heavy atom. The number of amides is 2. The molecular formula is C19H18N4O2. The van der Waals surface area contributed by atoms with Gasteiger partial charge in [0.1, 0.15) is 12.4 Å². The van der Waals surface area contributed by atoms with Crippen LogP contribution in [-0.4, -0.2) is 47.1 Å². The van der Waals surface area contributed by atoms with Crippen LogP contribution in [0.3, 0.4) is 0 Å². The summed E-state index contributed by atoms with van der Waals surface area (Å²) < 4.78 is 5.80. The molecule has 0 saturated carbocycles. The van der Waals surface area contributed by atoms with Gasteiger partial charge in [0.2, 0.25) is 0 Å². The highest BCUT2D eigenvalue weighted by Gasteiger charge is 2.18. The molecule has 0 radical (unpaired) electrons. The molecule has 0 bridgehead atoms. The molecule has 4 rings (SSSR count). The van der Waals surface area contributed by atoms with E-state index in [2.05, 4.69) is 15.3 Å². The molecule has 1 saturated heterocycles. The van der Waals surface area contributed by atoms with E-state index in [0.717, 1.165) is 34.6 Å². The zero-order valence-electron chi connectivity index (χ0n) is 13.7. The van der Waals surface area contributed by atoms with Crippen LogP contribution in [0.4, 0.5) is 4.79 Å². The zero-order valence-corrected chi connectivity index (χ0v) is 13.7. The van der Waals surface area contributed by atoms with E-state index in [0.29, 0.717) is 19.7 Å². The summed E-state index contributed by atoms with van der Waals surface area (Å²) in [7, 11) is 0. The molecule has 2 amide bonds. The molecule has 2 heterocycles. The molecule has 1 aliphatic rings. The summed E-state index contributed by atoms with van der Waals surface area (Å²) in [6, 6.07) is 15.5. The number of nitrogens with zero attached hydrogens (tertiary/aromatic N) is 3. The summed E-state index contributed by atoms with van der Waals surface area (Å²) in [5.41, 5.74) is 3.51. The molecule has 1 N–H and O–H groups in total. The summed E-state index contributed by atoms with van der Waals surface area (Å²) in [6.07, 6.45) is 1.77. The van der Waals surface area contributed by atoms with Gasteiger partial charge in [0, 0.05) is 18.7 Å². The van der Waals surface area contributed by atoms with Crippen molar-refractivity contribution in [2.75, 3.05) is 26.2 Å². The summed E-state index contributed by atoms with van der Waals surface area (Å²) in [5.74, 6) is 0.757. The van der Waals surface area contributed by atoms with Crippen molar-refractivity contribution in [2.24, 2.45) is 0 Å². The molecule has 126 valence electrons. The lowest BCUT2D eigenvalue weighted by atomic mass is 10.1. The molecule has 0 spiro atoms. The molecule has 2 aromatic carbocycles. The molecule has 1 aliphatic heterocycles. The van der Waals surface area contributed by atoms with E-state index in [1.54, 1.807) is 11.1 Å². The van der Waals surface area contributed by atoms with Crippen LogP contribution in [0.25, 0.3) is 22.3 Å². The Balaban J connectivity index is 1.47. The van der Waals surface area contributed by atoms with E-state index in [1.165, 1.54) is 0 Å². The highest BCUT2D eigenvalue weighted by Crippen LogP contribution is 2.23. The number of hydrogen-bond acceptors (Lipinski definition) is 4. The number of carbonyl (C=O) groups is 1. The number of benzene rings is 2. The van der Waals surface area contributed by atoms with Crippen molar-refractivity contribution in [2.45, 2.75) is 0 Å². The van der Waals surface area contributed by atoms with Gasteiger partial charge in [-0.2, -0.15) is 0 Å². The third-order valence-corrected chi connectivity index (χ3v) is 4.15. The average Bonchev–Trinajstić information content (AvgIpc) is 3.06. The Kier molecular flexibility index (Phi) is 4.16. The van der Waals surface area contributed by atoms with Crippen molar-refractivity contribution in [3.63, 3.8) is 0 Å². The van der Waals surface area contributed by atoms with Crippen LogP contribution >= 0.6 is 0 Å². The summed E-state index contributed by atoms with van der Waals surface area (Å²) in [5, 5.41) is 2.78. The molecule has 3 aromatic rings. The predicted octanol–water partition coefficient (Wildman–Crippen LogP) is 2.70. The number of hydrogen-bond donors (Lipinski definition) is 1. The first kappa shape index (κ1) is 15.4. The van der Waals surface area contributed by atoms with Gasteiger partial charge in [-0.25, -0.2) is 9.78 Å². The first-order valence-electron chi connectivity index (χ1n) is 8.27. The first-order valence-corrected chi connectivity index (χ1v) is 8.27. The summed E-state index contributed by atoms with van der Waals surface area (Å²) >= 11 is 0. The third kappa shape index (κ3) is 3.38. The fourth-order valence-corrected chi connectivity index (χ4v) is 2.84. The van der Waals surface area contributed by atoms with E-state index in [9.17, 15) is 4.79 Å². The molecule has 1 fully saturated rings. The molecule has 6 nitrogen and oxygen atoms in total. The second-order valence-electron chi connectivity index (χ2n) is 5.84. The van der Waals surface area contributed by atoms with Gasteiger partial charge in [-0.1, -0.05) is 24.3 Å². The largest absolute Gasteiger partial charge is 0.492 e. The maximum Gasteiger partial charge on any atom is 0.317 e. The number of rotatable bonds is 5. The minimum atomic E-state index is -0.0243. The summed E-state index contributed by atoms with van der Waals surface area (Å²) in [6.45, 7) is 2.47. The monoisotopic (exact) mass is 334 g/mol. The standard InChI is InChI=1S/C19H18N4O2/c24-19-20-8-9-23(19)10-11-25-15-5-3-4-14(12-15)18-13-21-16-6-1-2-7-17(16)22-18/h1-7,12-13H,8-11H2,(H,20,24). The van der Waals surface area contributed by atoms with Gasteiger partial charge in [0.05, 0.1) is 29.5 Å². The number of para-hydroxylation sites is 2. The Labute approximate surface area is 145 Å². The number of ether oxygens (including phenoxy) is 1. The normalized spacial score (nSPS) is 13.9. The van der Waals surface area contributed by atoms with Crippen LogP contribution in [-0.2, 0) is 0 Å². The van der Waals surface area contributed by atoms with Crippen molar-refractivity contribution in [3.05, 3.63) is 54.7 Å². The molecule has 25 heavy (non-hydrogen) atoms. The highest BCUT2D eigenvalue weighted by atomic mass is 16.5. The Bertz CT molecular complexity index is 913. The van der Waals surface area contributed by atoms with Crippen LogP contribution in [0.5, 0.6) is 5.75 Å². The quantitative estimate of drug-likeness (QED) is 0.779. The second kappa shape index (κ2) is 6.76. The third-order valence-electron chi connectivity index (χ3n) is 4.15. The van der Waals surface area contributed by atoms with E-state index in [-0.39, 0.29) is 6.03 Å². The van der Waals surface area contributed by atoms with Gasteiger partial charge in [0.15, 0.2) is 0 Å². The predicted molar refractivity (Wildman–Crippen MR) is 95.4 cm³/mol. The van der Waals surface area contributed by atoms with Gasteiger partial charge in [-0.15, -0.1) is 0 Å². The smallest absolute Gasteiger partial charge is 0.317 e. The lowest BCUT2D eigenvalue weighted by molar-refractivity contribution is 0.202. The Hall–Kier alpha value is -3.15. The van der Waals surface area contributed by atoms with Crippen molar-refractivity contribution in [1.82, 2.24) is 20.2 Å². The van der Waals surface area contributed by atoms with Crippen LogP contribution in [0.2, 0.25) is 0 Å². The number of fused-ring (bicyclic) bond motifs is 1. The number of aromatic nitrogens is 2. The lowest BCUT2D eigenvalue weighted by Gasteiger charge is -2.14. The molecule has 0 unspecified atom stereocenters. The average molecular weight is 334 g/mol. The minimum Gasteiger partial charge on any atom is -0.492 e. The van der Waals surface area contributed by atoms with Crippen LogP contribution < -0.4 is 10.1 Å². The van der Waals surface area contributed by atoms with Crippen molar-refractivity contribution in [3.8, 4) is 17.0 Å². The second-order valence-corrected chi connectivity index (χ2v) is 5.84. The van der Waals surface area contributed by atoms with Gasteiger partial charge < -0.3 is 15.0 Å². The van der Waals surface area contributed by atoms with Crippen LogP contribution in [0, 0.1) is 0 Å². The van der Waals surface area contributed by atoms with Crippen LogP contribution in [0.1, 0.15) is 0 Å². The van der Waals surface area contributed by atoms with Gasteiger partial charge in [0.25, 0.3) is 0 Å². The van der Waals surface area contributed by atoms with Crippen molar-refractivity contribution < 1.29 is 9.53 Å². The van der Waals surface area contributed by atoms with Gasteiger partial charge in [-0.3, -0.25) is 4.98 Å². The van der Waals surface area contributed by atoms with Gasteiger partial charge >= 0.3 is 6.03 Å². The zero-order chi connectivity index (χ0) is 17.1. The molecule has 0 atom stereocenters. The molecule has 1 aromatic heterocycles. The number of carbonyl (C=O) groups excluding carboxylic acids is 1. The fourth-order valence-electron chi connectivity index (χ4n) is 2.84. The fraction of sp³-hybridized carbons (Fsp3) is 0.211. The maximum absolute atomic E-state index is 11.5. The van der Waals surface area contributed by atoms with E-state index in [4.69, 9.17) is 4.74 Å². The van der Waals surface area contributed by atoms with Crippen LogP contribution in [0.15, 0.2) is 54.7 Å². The minimum absolute atomic E-state index is 0.0243. The maximum atomic E-state index is 11.5. The van der Waals surface area contributed by atoms with E-state index in [1.807, 2.05) is 48.5 Å². The number of nitrogens with one attached hydrogen (secondary N) is 1. The Morgan fingerprint density at radius 1 is 1.12 bits per heavy atom. The van der Waals surface area contributed by atoms with Crippen molar-refractivity contribution in [1.29, 1.82) is 0 Å². The molecular weight excluding hydrogens is 316 g/mol. The molecule has 0 aliphatic carbocycles. The lowest BCUT2D eigenvalue weighted by Crippen LogP contribution is -2.31. The topological polar surface area (TPSA) is 67.4 Å². The van der Waals surface area contributed by atoms with Crippen molar-refractivity contribution >= 4 is 17.1 Å². The van der Waals surface area contributed by atoms with E-state index >= 15 is 0 Å². The molecule has 6 heteroatoms.